The molecule has 0 amide bonds. The number of hydrogen-bond acceptors (Lipinski definition) is 2. The van der Waals surface area contributed by atoms with Crippen molar-refractivity contribution < 1.29 is 8.78 Å². The second-order valence-electron chi connectivity index (χ2n) is 5.57. The zero-order valence-corrected chi connectivity index (χ0v) is 12.9. The van der Waals surface area contributed by atoms with Crippen LogP contribution in [0.25, 0.3) is 0 Å². The Morgan fingerprint density at radius 2 is 1.79 bits per heavy atom. The molecule has 0 aliphatic carbocycles. The molecule has 108 valence electrons. The highest BCUT2D eigenvalue weighted by Gasteiger charge is 2.22. The molecule has 0 spiro atoms. The standard InChI is InChI=1S/C15H23F2NS/c1-5-9-18-13(10-19-15(2,3)4)14-11(16)7-6-8-12(14)17/h6-8,13,18H,5,9-10H2,1-4H3. The third-order valence-electron chi connectivity index (χ3n) is 2.67. The van der Waals surface area contributed by atoms with Crippen LogP contribution in [0.5, 0.6) is 0 Å². The summed E-state index contributed by atoms with van der Waals surface area (Å²) in [4.78, 5) is 0. The smallest absolute Gasteiger partial charge is 0.130 e. The Balaban J connectivity index is 2.89. The third-order valence-corrected chi connectivity index (χ3v) is 4.04. The first-order valence-corrected chi connectivity index (χ1v) is 7.65. The van der Waals surface area contributed by atoms with E-state index in [0.29, 0.717) is 5.75 Å². The van der Waals surface area contributed by atoms with Gasteiger partial charge in [0.2, 0.25) is 0 Å². The summed E-state index contributed by atoms with van der Waals surface area (Å²) < 4.78 is 27.8. The second-order valence-corrected chi connectivity index (χ2v) is 7.41. The monoisotopic (exact) mass is 287 g/mol. The van der Waals surface area contributed by atoms with Crippen molar-refractivity contribution in [2.24, 2.45) is 0 Å². The first kappa shape index (κ1) is 16.4. The van der Waals surface area contributed by atoms with Crippen molar-refractivity contribution >= 4 is 11.8 Å². The van der Waals surface area contributed by atoms with Gasteiger partial charge in [0.25, 0.3) is 0 Å². The van der Waals surface area contributed by atoms with Crippen molar-refractivity contribution in [3.63, 3.8) is 0 Å². The highest BCUT2D eigenvalue weighted by Crippen LogP contribution is 2.30. The zero-order chi connectivity index (χ0) is 14.5. The predicted octanol–water partition coefficient (Wildman–Crippen LogP) is 4.54. The zero-order valence-electron chi connectivity index (χ0n) is 12.1. The average molecular weight is 287 g/mol. The fourth-order valence-electron chi connectivity index (χ4n) is 1.74. The summed E-state index contributed by atoms with van der Waals surface area (Å²) in [6.45, 7) is 9.10. The summed E-state index contributed by atoms with van der Waals surface area (Å²) in [6.07, 6.45) is 0.937. The molecule has 1 aromatic rings. The maximum atomic E-state index is 13.9. The Labute approximate surface area is 119 Å². The van der Waals surface area contributed by atoms with Crippen molar-refractivity contribution in [1.29, 1.82) is 0 Å². The third kappa shape index (κ3) is 5.49. The molecule has 1 atom stereocenters. The maximum Gasteiger partial charge on any atom is 0.130 e. The van der Waals surface area contributed by atoms with Gasteiger partial charge >= 0.3 is 0 Å². The van der Waals surface area contributed by atoms with Gasteiger partial charge in [-0.05, 0) is 25.1 Å². The van der Waals surface area contributed by atoms with E-state index in [9.17, 15) is 8.78 Å². The molecule has 1 aromatic carbocycles. The minimum Gasteiger partial charge on any atom is -0.309 e. The molecule has 1 N–H and O–H groups in total. The topological polar surface area (TPSA) is 12.0 Å². The predicted molar refractivity (Wildman–Crippen MR) is 79.6 cm³/mol. The second kappa shape index (κ2) is 7.25. The summed E-state index contributed by atoms with van der Waals surface area (Å²) >= 11 is 1.71. The maximum absolute atomic E-state index is 13.9. The molecule has 0 aliphatic rings. The van der Waals surface area contributed by atoms with Crippen LogP contribution < -0.4 is 5.32 Å². The number of benzene rings is 1. The average Bonchev–Trinajstić information content (AvgIpc) is 2.30. The normalized spacial score (nSPS) is 13.6. The van der Waals surface area contributed by atoms with Crippen molar-refractivity contribution in [3.05, 3.63) is 35.4 Å². The van der Waals surface area contributed by atoms with Gasteiger partial charge in [0.1, 0.15) is 11.6 Å². The van der Waals surface area contributed by atoms with Gasteiger partial charge in [0.15, 0.2) is 0 Å². The van der Waals surface area contributed by atoms with Crippen LogP contribution in [0.3, 0.4) is 0 Å². The lowest BCUT2D eigenvalue weighted by Crippen LogP contribution is -2.27. The summed E-state index contributed by atoms with van der Waals surface area (Å²) in [6, 6.07) is 3.76. The Morgan fingerprint density at radius 3 is 2.26 bits per heavy atom. The fraction of sp³-hybridized carbons (Fsp3) is 0.600. The Bertz CT molecular complexity index is 381. The van der Waals surface area contributed by atoms with Gasteiger partial charge in [-0.15, -0.1) is 0 Å². The molecule has 0 aromatic heterocycles. The summed E-state index contributed by atoms with van der Waals surface area (Å²) in [5, 5.41) is 3.24. The van der Waals surface area contributed by atoms with Gasteiger partial charge < -0.3 is 5.32 Å². The van der Waals surface area contributed by atoms with E-state index >= 15 is 0 Å². The Morgan fingerprint density at radius 1 is 1.21 bits per heavy atom. The molecule has 0 bridgehead atoms. The van der Waals surface area contributed by atoms with Crippen LogP contribution in [0.1, 0.15) is 45.7 Å². The number of hydrogen-bond donors (Lipinski definition) is 1. The number of halogens is 2. The minimum absolute atomic E-state index is 0.0773. The first-order chi connectivity index (χ1) is 8.85. The van der Waals surface area contributed by atoms with Gasteiger partial charge in [-0.3, -0.25) is 0 Å². The summed E-state index contributed by atoms with van der Waals surface area (Å²) in [5.41, 5.74) is 0.160. The fourth-order valence-corrected chi connectivity index (χ4v) is 2.69. The summed E-state index contributed by atoms with van der Waals surface area (Å²) in [7, 11) is 0. The Hall–Kier alpha value is -0.610. The molecule has 0 saturated carbocycles. The van der Waals surface area contributed by atoms with Gasteiger partial charge in [-0.25, -0.2) is 8.78 Å². The van der Waals surface area contributed by atoms with Crippen molar-refractivity contribution in [1.82, 2.24) is 5.32 Å². The first-order valence-electron chi connectivity index (χ1n) is 6.66. The molecular formula is C15H23F2NS. The van der Waals surface area contributed by atoms with Crippen molar-refractivity contribution in [3.8, 4) is 0 Å². The van der Waals surface area contributed by atoms with Crippen LogP contribution in [0, 0.1) is 11.6 Å². The molecule has 0 fully saturated rings. The van der Waals surface area contributed by atoms with E-state index in [1.807, 2.05) is 6.92 Å². The van der Waals surface area contributed by atoms with Crippen molar-refractivity contribution in [2.75, 3.05) is 12.3 Å². The van der Waals surface area contributed by atoms with Crippen LogP contribution in [0.4, 0.5) is 8.78 Å². The minimum atomic E-state index is -0.469. The molecule has 0 heterocycles. The number of thioether (sulfide) groups is 1. The highest BCUT2D eigenvalue weighted by molar-refractivity contribution is 8.00. The van der Waals surface area contributed by atoms with Crippen LogP contribution in [-0.4, -0.2) is 17.0 Å². The van der Waals surface area contributed by atoms with Gasteiger partial charge in [-0.2, -0.15) is 11.8 Å². The number of rotatable bonds is 6. The lowest BCUT2D eigenvalue weighted by Gasteiger charge is -2.24. The van der Waals surface area contributed by atoms with Crippen molar-refractivity contribution in [2.45, 2.75) is 44.9 Å². The van der Waals surface area contributed by atoms with E-state index in [1.165, 1.54) is 18.2 Å². The largest absolute Gasteiger partial charge is 0.309 e. The number of nitrogens with one attached hydrogen (secondary N) is 1. The van der Waals surface area contributed by atoms with Crippen LogP contribution in [0.15, 0.2) is 18.2 Å². The van der Waals surface area contributed by atoms with E-state index in [0.717, 1.165) is 13.0 Å². The van der Waals surface area contributed by atoms with Crippen LogP contribution >= 0.6 is 11.8 Å². The van der Waals surface area contributed by atoms with E-state index in [2.05, 4.69) is 26.1 Å². The molecule has 1 nitrogen and oxygen atoms in total. The molecule has 19 heavy (non-hydrogen) atoms. The molecular weight excluding hydrogens is 264 g/mol. The summed E-state index contributed by atoms with van der Waals surface area (Å²) in [5.74, 6) is -0.285. The van der Waals surface area contributed by atoms with Gasteiger partial charge in [-0.1, -0.05) is 33.8 Å². The molecule has 0 radical (unpaired) electrons. The highest BCUT2D eigenvalue weighted by atomic mass is 32.2. The van der Waals surface area contributed by atoms with Gasteiger partial charge in [0, 0.05) is 22.1 Å². The van der Waals surface area contributed by atoms with E-state index < -0.39 is 11.6 Å². The molecule has 1 rings (SSSR count). The van der Waals surface area contributed by atoms with Gasteiger partial charge in [0.05, 0.1) is 0 Å². The van der Waals surface area contributed by atoms with E-state index in [1.54, 1.807) is 11.8 Å². The Kier molecular flexibility index (Phi) is 6.27. The molecule has 1 unspecified atom stereocenters. The lowest BCUT2D eigenvalue weighted by molar-refractivity contribution is 0.491. The lowest BCUT2D eigenvalue weighted by atomic mass is 10.1. The SMILES string of the molecule is CCCNC(CSC(C)(C)C)c1c(F)cccc1F. The van der Waals surface area contributed by atoms with E-state index in [4.69, 9.17) is 0 Å². The van der Waals surface area contributed by atoms with Crippen LogP contribution in [0.2, 0.25) is 0 Å². The molecule has 4 heteroatoms. The van der Waals surface area contributed by atoms with E-state index in [-0.39, 0.29) is 16.4 Å². The quantitative estimate of drug-likeness (QED) is 0.824. The van der Waals surface area contributed by atoms with Crippen LogP contribution in [-0.2, 0) is 0 Å². The molecule has 0 aliphatic heterocycles. The molecule has 0 saturated heterocycles.